The molecule has 1 fully saturated rings. The zero-order valence-corrected chi connectivity index (χ0v) is 13.0. The van der Waals surface area contributed by atoms with E-state index in [9.17, 15) is 4.79 Å². The lowest BCUT2D eigenvalue weighted by molar-refractivity contribution is 0.0703. The third-order valence-electron chi connectivity index (χ3n) is 4.36. The van der Waals surface area contributed by atoms with E-state index in [-0.39, 0.29) is 5.91 Å². The van der Waals surface area contributed by atoms with Crippen LogP contribution in [0.3, 0.4) is 0 Å². The average molecular weight is 291 g/mol. The molecule has 0 N–H and O–H groups in total. The molecular formula is C20H21NO. The van der Waals surface area contributed by atoms with Crippen LogP contribution in [0, 0.1) is 12.8 Å². The van der Waals surface area contributed by atoms with E-state index in [1.807, 2.05) is 54.3 Å². The minimum Gasteiger partial charge on any atom is -0.339 e. The summed E-state index contributed by atoms with van der Waals surface area (Å²) in [6.45, 7) is 3.68. The molecule has 2 nitrogen and oxygen atoms in total. The summed E-state index contributed by atoms with van der Waals surface area (Å²) >= 11 is 0. The number of carbonyl (C=O) groups excluding carboxylic acids is 1. The van der Waals surface area contributed by atoms with E-state index in [1.165, 1.54) is 11.1 Å². The third-order valence-corrected chi connectivity index (χ3v) is 4.36. The molecule has 3 rings (SSSR count). The molecule has 1 aromatic carbocycles. The standard InChI is InChI=1S/C20H21NO/c1-16-8-10-19(11-9-16)20(22)21-14-12-18(13-15-21)17-6-4-2-3-5-7-17/h2-6,8-11,18H,12-15H2,1H3. The Balaban J connectivity index is 1.63. The third kappa shape index (κ3) is 3.29. The first kappa shape index (κ1) is 14.6. The van der Waals surface area contributed by atoms with E-state index in [4.69, 9.17) is 0 Å². The summed E-state index contributed by atoms with van der Waals surface area (Å²) in [5, 5.41) is 0. The molecule has 0 unspecified atom stereocenters. The van der Waals surface area contributed by atoms with Gasteiger partial charge in [-0.3, -0.25) is 4.79 Å². The van der Waals surface area contributed by atoms with Gasteiger partial charge >= 0.3 is 0 Å². The topological polar surface area (TPSA) is 20.3 Å². The summed E-state index contributed by atoms with van der Waals surface area (Å²) in [4.78, 5) is 14.5. The molecule has 0 radical (unpaired) electrons. The van der Waals surface area contributed by atoms with Crippen molar-refractivity contribution in [3.05, 3.63) is 77.1 Å². The number of rotatable bonds is 2. The Hall–Kier alpha value is -2.31. The van der Waals surface area contributed by atoms with Crippen molar-refractivity contribution in [2.45, 2.75) is 19.8 Å². The number of amides is 1. The molecule has 1 aliphatic heterocycles. The summed E-state index contributed by atoms with van der Waals surface area (Å²) in [5.74, 6) is 0.663. The monoisotopic (exact) mass is 291 g/mol. The summed E-state index contributed by atoms with van der Waals surface area (Å²) in [6, 6.07) is 7.85. The summed E-state index contributed by atoms with van der Waals surface area (Å²) in [7, 11) is 0. The molecule has 1 aliphatic carbocycles. The highest BCUT2D eigenvalue weighted by Crippen LogP contribution is 2.26. The van der Waals surface area contributed by atoms with Gasteiger partial charge in [-0.1, -0.05) is 42.0 Å². The number of hydrogen-bond acceptors (Lipinski definition) is 1. The SMILES string of the molecule is Cc1ccc(C(=O)N2CCC(C3=C=CC=CC=C3)CC2)cc1. The fraction of sp³-hybridized carbons (Fsp3) is 0.300. The predicted molar refractivity (Wildman–Crippen MR) is 89.7 cm³/mol. The number of aryl methyl sites for hydroxylation is 1. The Bertz CT molecular complexity index is 664. The number of benzene rings is 1. The van der Waals surface area contributed by atoms with Gasteiger partial charge < -0.3 is 4.90 Å². The Morgan fingerprint density at radius 2 is 1.82 bits per heavy atom. The van der Waals surface area contributed by atoms with Crippen LogP contribution in [-0.4, -0.2) is 23.9 Å². The number of piperidine rings is 1. The van der Waals surface area contributed by atoms with Crippen LogP contribution >= 0.6 is 0 Å². The normalized spacial score (nSPS) is 18.2. The van der Waals surface area contributed by atoms with Crippen LogP contribution in [0.5, 0.6) is 0 Å². The van der Waals surface area contributed by atoms with Gasteiger partial charge in [0.05, 0.1) is 0 Å². The molecule has 2 heteroatoms. The van der Waals surface area contributed by atoms with Gasteiger partial charge in [-0.05, 0) is 49.5 Å². The van der Waals surface area contributed by atoms with Gasteiger partial charge in [0.1, 0.15) is 0 Å². The van der Waals surface area contributed by atoms with Gasteiger partial charge in [0.25, 0.3) is 5.91 Å². The Morgan fingerprint density at radius 3 is 2.55 bits per heavy atom. The van der Waals surface area contributed by atoms with E-state index in [0.29, 0.717) is 5.92 Å². The van der Waals surface area contributed by atoms with Crippen LogP contribution in [0.4, 0.5) is 0 Å². The average Bonchev–Trinajstić information content (AvgIpc) is 2.84. The zero-order chi connectivity index (χ0) is 15.4. The first-order chi connectivity index (χ1) is 10.7. The van der Waals surface area contributed by atoms with E-state index in [1.54, 1.807) is 0 Å². The lowest BCUT2D eigenvalue weighted by atomic mass is 9.89. The fourth-order valence-corrected chi connectivity index (χ4v) is 3.00. The van der Waals surface area contributed by atoms with Crippen molar-refractivity contribution in [2.24, 2.45) is 5.92 Å². The van der Waals surface area contributed by atoms with Gasteiger partial charge in [-0.25, -0.2) is 0 Å². The maximum absolute atomic E-state index is 12.5. The molecule has 0 bridgehead atoms. The largest absolute Gasteiger partial charge is 0.339 e. The number of carbonyl (C=O) groups is 1. The van der Waals surface area contributed by atoms with Crippen molar-refractivity contribution >= 4 is 5.91 Å². The summed E-state index contributed by atoms with van der Waals surface area (Å²) in [5.41, 5.74) is 6.58. The van der Waals surface area contributed by atoms with E-state index < -0.39 is 0 Å². The van der Waals surface area contributed by atoms with Gasteiger partial charge in [-0.2, -0.15) is 0 Å². The number of likely N-dealkylation sites (tertiary alicyclic amines) is 1. The van der Waals surface area contributed by atoms with Crippen LogP contribution < -0.4 is 0 Å². The molecule has 1 aromatic rings. The molecule has 0 saturated carbocycles. The van der Waals surface area contributed by atoms with Crippen molar-refractivity contribution in [2.75, 3.05) is 13.1 Å². The lowest BCUT2D eigenvalue weighted by Crippen LogP contribution is -2.38. The minimum absolute atomic E-state index is 0.154. The summed E-state index contributed by atoms with van der Waals surface area (Å²) < 4.78 is 0. The zero-order valence-electron chi connectivity index (χ0n) is 13.0. The van der Waals surface area contributed by atoms with Crippen molar-refractivity contribution in [3.63, 3.8) is 0 Å². The van der Waals surface area contributed by atoms with Crippen molar-refractivity contribution in [3.8, 4) is 0 Å². The van der Waals surface area contributed by atoms with Crippen LogP contribution in [0.2, 0.25) is 0 Å². The number of allylic oxidation sites excluding steroid dienone is 5. The molecule has 1 heterocycles. The van der Waals surface area contributed by atoms with Crippen molar-refractivity contribution in [1.29, 1.82) is 0 Å². The van der Waals surface area contributed by atoms with Crippen LogP contribution in [0.1, 0.15) is 28.8 Å². The van der Waals surface area contributed by atoms with Gasteiger partial charge in [-0.15, -0.1) is 5.73 Å². The smallest absolute Gasteiger partial charge is 0.253 e. The van der Waals surface area contributed by atoms with Crippen LogP contribution in [0.25, 0.3) is 0 Å². The van der Waals surface area contributed by atoms with E-state index in [2.05, 4.69) is 17.9 Å². The molecule has 1 saturated heterocycles. The first-order valence-electron chi connectivity index (χ1n) is 7.90. The lowest BCUT2D eigenvalue weighted by Gasteiger charge is -2.32. The van der Waals surface area contributed by atoms with E-state index in [0.717, 1.165) is 31.5 Å². The van der Waals surface area contributed by atoms with Crippen LogP contribution in [-0.2, 0) is 0 Å². The van der Waals surface area contributed by atoms with Gasteiger partial charge in [0.2, 0.25) is 0 Å². The molecule has 22 heavy (non-hydrogen) atoms. The predicted octanol–water partition coefficient (Wildman–Crippen LogP) is 4.05. The maximum atomic E-state index is 12.5. The first-order valence-corrected chi connectivity index (χ1v) is 7.90. The van der Waals surface area contributed by atoms with Crippen molar-refractivity contribution in [1.82, 2.24) is 4.90 Å². The molecule has 0 atom stereocenters. The Labute approximate surface area is 132 Å². The van der Waals surface area contributed by atoms with Crippen LogP contribution in [0.15, 0.2) is 65.9 Å². The highest BCUT2D eigenvalue weighted by molar-refractivity contribution is 5.94. The highest BCUT2D eigenvalue weighted by Gasteiger charge is 2.24. The van der Waals surface area contributed by atoms with Crippen molar-refractivity contribution < 1.29 is 4.79 Å². The second-order valence-electron chi connectivity index (χ2n) is 5.94. The molecule has 112 valence electrons. The second kappa shape index (κ2) is 6.64. The summed E-state index contributed by atoms with van der Waals surface area (Å²) in [6.07, 6.45) is 12.2. The van der Waals surface area contributed by atoms with E-state index >= 15 is 0 Å². The molecule has 0 aromatic heterocycles. The van der Waals surface area contributed by atoms with Gasteiger partial charge in [0, 0.05) is 18.7 Å². The molecular weight excluding hydrogens is 270 g/mol. The second-order valence-corrected chi connectivity index (χ2v) is 5.94. The molecule has 1 amide bonds. The molecule has 0 spiro atoms. The van der Waals surface area contributed by atoms with Gasteiger partial charge in [0.15, 0.2) is 0 Å². The fourth-order valence-electron chi connectivity index (χ4n) is 3.00. The molecule has 2 aliphatic rings. The number of nitrogens with zero attached hydrogens (tertiary/aromatic N) is 1. The Morgan fingerprint density at radius 1 is 1.09 bits per heavy atom. The highest BCUT2D eigenvalue weighted by atomic mass is 16.2. The maximum Gasteiger partial charge on any atom is 0.253 e. The Kier molecular flexibility index (Phi) is 4.41. The number of hydrogen-bond donors (Lipinski definition) is 0. The quantitative estimate of drug-likeness (QED) is 0.753. The minimum atomic E-state index is 0.154.